The molecule has 3 nitrogen and oxygen atoms in total. The Morgan fingerprint density at radius 3 is 2.52 bits per heavy atom. The smallest absolute Gasteiger partial charge is 0.180 e. The van der Waals surface area contributed by atoms with E-state index in [0.29, 0.717) is 5.13 Å². The number of nitrogens with zero attached hydrogens (tertiary/aromatic N) is 2. The van der Waals surface area contributed by atoms with Crippen molar-refractivity contribution >= 4 is 16.5 Å². The zero-order chi connectivity index (χ0) is 14.8. The molecule has 2 heterocycles. The summed E-state index contributed by atoms with van der Waals surface area (Å²) in [5.41, 5.74) is 11.8. The van der Waals surface area contributed by atoms with E-state index >= 15 is 0 Å². The Morgan fingerprint density at radius 2 is 1.81 bits per heavy atom. The second-order valence-corrected chi connectivity index (χ2v) is 6.27. The topological polar surface area (TPSA) is 51.8 Å². The first-order valence-corrected chi connectivity index (χ1v) is 7.67. The number of pyridine rings is 1. The van der Waals surface area contributed by atoms with Crippen LogP contribution in [0.25, 0.3) is 11.3 Å². The van der Waals surface area contributed by atoms with Crippen LogP contribution in [0.3, 0.4) is 0 Å². The Balaban J connectivity index is 2.01. The van der Waals surface area contributed by atoms with Crippen LogP contribution in [0, 0.1) is 13.8 Å². The molecule has 21 heavy (non-hydrogen) atoms. The molecule has 0 aliphatic rings. The molecule has 0 radical (unpaired) electrons. The Morgan fingerprint density at radius 1 is 1.05 bits per heavy atom. The van der Waals surface area contributed by atoms with E-state index in [1.807, 2.05) is 24.5 Å². The van der Waals surface area contributed by atoms with Crippen molar-refractivity contribution in [1.29, 1.82) is 0 Å². The minimum Gasteiger partial charge on any atom is -0.375 e. The van der Waals surface area contributed by atoms with E-state index in [-0.39, 0.29) is 0 Å². The van der Waals surface area contributed by atoms with Crippen LogP contribution in [0.2, 0.25) is 0 Å². The molecule has 2 aromatic heterocycles. The Bertz CT molecular complexity index is 763. The predicted octanol–water partition coefficient (Wildman–Crippen LogP) is 3.99. The lowest BCUT2D eigenvalue weighted by atomic mass is 10.0. The molecule has 106 valence electrons. The Hall–Kier alpha value is -2.20. The van der Waals surface area contributed by atoms with Gasteiger partial charge in [-0.25, -0.2) is 4.98 Å². The van der Waals surface area contributed by atoms with Gasteiger partial charge in [0.05, 0.1) is 5.69 Å². The van der Waals surface area contributed by atoms with Crippen molar-refractivity contribution in [3.8, 4) is 11.3 Å². The predicted molar refractivity (Wildman–Crippen MR) is 88.5 cm³/mol. The molecule has 4 heteroatoms. The molecule has 3 rings (SSSR count). The molecule has 0 bridgehead atoms. The van der Waals surface area contributed by atoms with Gasteiger partial charge in [-0.15, -0.1) is 11.3 Å². The summed E-state index contributed by atoms with van der Waals surface area (Å²) in [5.74, 6) is 0. The van der Waals surface area contributed by atoms with Crippen LogP contribution in [0.15, 0.2) is 42.7 Å². The first-order chi connectivity index (χ1) is 10.1. The molecule has 0 aliphatic carbocycles. The lowest BCUT2D eigenvalue weighted by Crippen LogP contribution is -1.91. The minimum absolute atomic E-state index is 0.618. The quantitative estimate of drug-likeness (QED) is 0.794. The second kappa shape index (κ2) is 5.66. The van der Waals surface area contributed by atoms with Gasteiger partial charge in [-0.05, 0) is 48.7 Å². The summed E-state index contributed by atoms with van der Waals surface area (Å²) in [6.45, 7) is 4.24. The number of nitrogens with two attached hydrogens (primary N) is 1. The molecule has 0 atom stereocenters. The number of aryl methyl sites for hydroxylation is 2. The fourth-order valence-corrected chi connectivity index (χ4v) is 3.18. The van der Waals surface area contributed by atoms with Crippen LogP contribution in [-0.4, -0.2) is 9.97 Å². The molecule has 0 aliphatic heterocycles. The molecule has 3 aromatic rings. The monoisotopic (exact) mass is 295 g/mol. The second-order valence-electron chi connectivity index (χ2n) is 5.16. The lowest BCUT2D eigenvalue weighted by Gasteiger charge is -2.06. The SMILES string of the molecule is Cc1ccc(-c2nc(N)sc2Cc2ccncc2)cc1C. The van der Waals surface area contributed by atoms with Gasteiger partial charge in [0.25, 0.3) is 0 Å². The maximum absolute atomic E-state index is 5.93. The Kier molecular flexibility index (Phi) is 3.71. The number of hydrogen-bond acceptors (Lipinski definition) is 4. The van der Waals surface area contributed by atoms with Crippen LogP contribution < -0.4 is 5.73 Å². The first kappa shape index (κ1) is 13.8. The minimum atomic E-state index is 0.618. The van der Waals surface area contributed by atoms with Gasteiger partial charge in [0.1, 0.15) is 0 Å². The van der Waals surface area contributed by atoms with Crippen LogP contribution in [-0.2, 0) is 6.42 Å². The summed E-state index contributed by atoms with van der Waals surface area (Å²) in [5, 5.41) is 0.618. The summed E-state index contributed by atoms with van der Waals surface area (Å²) in [7, 11) is 0. The molecule has 0 spiro atoms. The summed E-state index contributed by atoms with van der Waals surface area (Å²) in [6, 6.07) is 10.5. The average Bonchev–Trinajstić information content (AvgIpc) is 2.84. The van der Waals surface area contributed by atoms with E-state index in [9.17, 15) is 0 Å². The molecule has 2 N–H and O–H groups in total. The highest BCUT2D eigenvalue weighted by Gasteiger charge is 2.13. The maximum Gasteiger partial charge on any atom is 0.180 e. The highest BCUT2D eigenvalue weighted by Crippen LogP contribution is 2.32. The number of benzene rings is 1. The van der Waals surface area contributed by atoms with Crippen molar-refractivity contribution in [2.75, 3.05) is 5.73 Å². The highest BCUT2D eigenvalue weighted by molar-refractivity contribution is 7.15. The van der Waals surface area contributed by atoms with E-state index in [2.05, 4.69) is 42.0 Å². The zero-order valence-corrected chi connectivity index (χ0v) is 12.9. The third-order valence-electron chi connectivity index (χ3n) is 3.61. The van der Waals surface area contributed by atoms with Crippen LogP contribution in [0.4, 0.5) is 5.13 Å². The van der Waals surface area contributed by atoms with E-state index in [0.717, 1.165) is 17.7 Å². The van der Waals surface area contributed by atoms with Crippen molar-refractivity contribution in [1.82, 2.24) is 9.97 Å². The number of anilines is 1. The summed E-state index contributed by atoms with van der Waals surface area (Å²) < 4.78 is 0. The Labute approximate surface area is 128 Å². The standard InChI is InChI=1S/C17H17N3S/c1-11-3-4-14(9-12(11)2)16-15(21-17(18)20-16)10-13-5-7-19-8-6-13/h3-9H,10H2,1-2H3,(H2,18,20). The van der Waals surface area contributed by atoms with Gasteiger partial charge in [0.15, 0.2) is 5.13 Å². The first-order valence-electron chi connectivity index (χ1n) is 6.85. The third-order valence-corrected chi connectivity index (χ3v) is 4.49. The van der Waals surface area contributed by atoms with Gasteiger partial charge >= 0.3 is 0 Å². The van der Waals surface area contributed by atoms with Crippen molar-refractivity contribution < 1.29 is 0 Å². The summed E-state index contributed by atoms with van der Waals surface area (Å²) in [4.78, 5) is 9.78. The molecule has 0 unspecified atom stereocenters. The molecule has 0 saturated heterocycles. The van der Waals surface area contributed by atoms with Crippen molar-refractivity contribution in [2.24, 2.45) is 0 Å². The lowest BCUT2D eigenvalue weighted by molar-refractivity contribution is 1.18. The molecular formula is C17H17N3S. The van der Waals surface area contributed by atoms with Gasteiger partial charge in [0, 0.05) is 29.3 Å². The van der Waals surface area contributed by atoms with Crippen molar-refractivity contribution in [3.05, 3.63) is 64.3 Å². The van der Waals surface area contributed by atoms with Crippen LogP contribution >= 0.6 is 11.3 Å². The molecule has 0 fully saturated rings. The number of nitrogen functional groups attached to an aromatic ring is 1. The van der Waals surface area contributed by atoms with Gasteiger partial charge in [-0.2, -0.15) is 0 Å². The fraction of sp³-hybridized carbons (Fsp3) is 0.176. The van der Waals surface area contributed by atoms with Crippen LogP contribution in [0.5, 0.6) is 0 Å². The summed E-state index contributed by atoms with van der Waals surface area (Å²) >= 11 is 1.56. The van der Waals surface area contributed by atoms with E-state index in [1.165, 1.54) is 21.6 Å². The average molecular weight is 295 g/mol. The van der Waals surface area contributed by atoms with Crippen molar-refractivity contribution in [2.45, 2.75) is 20.3 Å². The number of rotatable bonds is 3. The van der Waals surface area contributed by atoms with E-state index < -0.39 is 0 Å². The van der Waals surface area contributed by atoms with E-state index in [4.69, 9.17) is 5.73 Å². The molecule has 0 amide bonds. The number of aromatic nitrogens is 2. The largest absolute Gasteiger partial charge is 0.375 e. The zero-order valence-electron chi connectivity index (χ0n) is 12.1. The van der Waals surface area contributed by atoms with Gasteiger partial charge in [-0.3, -0.25) is 4.98 Å². The van der Waals surface area contributed by atoms with E-state index in [1.54, 1.807) is 11.3 Å². The highest BCUT2D eigenvalue weighted by atomic mass is 32.1. The van der Waals surface area contributed by atoms with Gasteiger partial charge in [-0.1, -0.05) is 12.1 Å². The van der Waals surface area contributed by atoms with Gasteiger partial charge < -0.3 is 5.73 Å². The number of thiazole rings is 1. The molecule has 0 saturated carbocycles. The summed E-state index contributed by atoms with van der Waals surface area (Å²) in [6.07, 6.45) is 4.46. The maximum atomic E-state index is 5.93. The fourth-order valence-electron chi connectivity index (χ4n) is 2.29. The normalized spacial score (nSPS) is 10.8. The molecular weight excluding hydrogens is 278 g/mol. The number of hydrogen-bond donors (Lipinski definition) is 1. The van der Waals surface area contributed by atoms with Crippen LogP contribution in [0.1, 0.15) is 21.6 Å². The molecule has 1 aromatic carbocycles. The van der Waals surface area contributed by atoms with Gasteiger partial charge in [0.2, 0.25) is 0 Å². The third kappa shape index (κ3) is 2.95. The van der Waals surface area contributed by atoms with Crippen molar-refractivity contribution in [3.63, 3.8) is 0 Å².